The van der Waals surface area contributed by atoms with Gasteiger partial charge >= 0.3 is 0 Å². The van der Waals surface area contributed by atoms with Gasteiger partial charge in [-0.1, -0.05) is 6.92 Å². The number of rotatable bonds is 4. The zero-order valence-corrected chi connectivity index (χ0v) is 11.2. The van der Waals surface area contributed by atoms with Crippen molar-refractivity contribution in [3.63, 3.8) is 0 Å². The Morgan fingerprint density at radius 2 is 2.50 bits per heavy atom. The number of amides is 1. The predicted molar refractivity (Wildman–Crippen MR) is 70.4 cm³/mol. The number of carbonyl (C=O) groups excluding carboxylic acids is 1. The second-order valence-corrected chi connectivity index (χ2v) is 4.89. The molecule has 2 heterocycles. The van der Waals surface area contributed by atoms with E-state index in [4.69, 9.17) is 0 Å². The van der Waals surface area contributed by atoms with Gasteiger partial charge in [-0.3, -0.25) is 4.79 Å². The molecule has 1 aliphatic rings. The summed E-state index contributed by atoms with van der Waals surface area (Å²) in [6, 6.07) is 0.320. The van der Waals surface area contributed by atoms with E-state index in [-0.39, 0.29) is 5.91 Å². The summed E-state index contributed by atoms with van der Waals surface area (Å²) in [5.41, 5.74) is 0.675. The number of aryl methyl sites for hydroxylation is 1. The molecule has 1 N–H and O–H groups in total. The molecule has 1 fully saturated rings. The number of imidazole rings is 1. The third-order valence-electron chi connectivity index (χ3n) is 3.47. The van der Waals surface area contributed by atoms with Gasteiger partial charge in [-0.25, -0.2) is 4.98 Å². The number of hydrogen-bond donors (Lipinski definition) is 1. The fourth-order valence-corrected chi connectivity index (χ4v) is 2.50. The highest BCUT2D eigenvalue weighted by Crippen LogP contribution is 2.14. The molecule has 0 saturated carbocycles. The molecule has 1 aliphatic heterocycles. The quantitative estimate of drug-likeness (QED) is 0.868. The van der Waals surface area contributed by atoms with E-state index in [0.29, 0.717) is 11.7 Å². The maximum atomic E-state index is 12.6. The van der Waals surface area contributed by atoms with Crippen molar-refractivity contribution in [3.8, 4) is 0 Å². The third kappa shape index (κ3) is 2.72. The van der Waals surface area contributed by atoms with Gasteiger partial charge in [0.15, 0.2) is 0 Å². The van der Waals surface area contributed by atoms with Crippen LogP contribution in [0.2, 0.25) is 0 Å². The first kappa shape index (κ1) is 13.1. The van der Waals surface area contributed by atoms with Gasteiger partial charge in [0.05, 0.1) is 12.5 Å². The number of piperidine rings is 1. The molecule has 18 heavy (non-hydrogen) atoms. The number of carbonyl (C=O) groups is 1. The Labute approximate surface area is 108 Å². The molecule has 1 saturated heterocycles. The Bertz CT molecular complexity index is 395. The van der Waals surface area contributed by atoms with Gasteiger partial charge in [-0.15, -0.1) is 0 Å². The van der Waals surface area contributed by atoms with Crippen molar-refractivity contribution < 1.29 is 4.79 Å². The first-order chi connectivity index (χ1) is 8.74. The zero-order valence-electron chi connectivity index (χ0n) is 11.2. The van der Waals surface area contributed by atoms with E-state index in [9.17, 15) is 4.79 Å². The molecule has 0 bridgehead atoms. The molecule has 1 aromatic rings. The van der Waals surface area contributed by atoms with Gasteiger partial charge in [-0.2, -0.15) is 0 Å². The SMILES string of the molecule is CCCN(C(=O)c1cncn1C)C1CCCNC1. The topological polar surface area (TPSA) is 50.2 Å². The lowest BCUT2D eigenvalue weighted by molar-refractivity contribution is 0.0639. The first-order valence-corrected chi connectivity index (χ1v) is 6.72. The van der Waals surface area contributed by atoms with E-state index >= 15 is 0 Å². The fourth-order valence-electron chi connectivity index (χ4n) is 2.50. The highest BCUT2D eigenvalue weighted by Gasteiger charge is 2.26. The Balaban J connectivity index is 2.13. The minimum atomic E-state index is 0.102. The van der Waals surface area contributed by atoms with Crippen LogP contribution in [0.3, 0.4) is 0 Å². The Hall–Kier alpha value is -1.36. The standard InChI is InChI=1S/C13H22N4O/c1-3-7-17(11-5-4-6-14-8-11)13(18)12-9-15-10-16(12)2/h9-11,14H,3-8H2,1-2H3. The summed E-state index contributed by atoms with van der Waals surface area (Å²) in [7, 11) is 1.86. The van der Waals surface area contributed by atoms with Crippen molar-refractivity contribution in [1.29, 1.82) is 0 Å². The summed E-state index contributed by atoms with van der Waals surface area (Å²) in [4.78, 5) is 18.6. The average molecular weight is 250 g/mol. The van der Waals surface area contributed by atoms with Crippen LogP contribution in [0.5, 0.6) is 0 Å². The van der Waals surface area contributed by atoms with Crippen LogP contribution >= 0.6 is 0 Å². The van der Waals surface area contributed by atoms with Crippen LogP contribution in [0.1, 0.15) is 36.7 Å². The maximum absolute atomic E-state index is 12.6. The van der Waals surface area contributed by atoms with Crippen molar-refractivity contribution in [1.82, 2.24) is 19.8 Å². The van der Waals surface area contributed by atoms with Crippen LogP contribution in [0.4, 0.5) is 0 Å². The third-order valence-corrected chi connectivity index (χ3v) is 3.47. The van der Waals surface area contributed by atoms with Crippen molar-refractivity contribution in [2.45, 2.75) is 32.2 Å². The van der Waals surface area contributed by atoms with Gasteiger partial charge in [-0.05, 0) is 25.8 Å². The molecule has 1 aromatic heterocycles. The smallest absolute Gasteiger partial charge is 0.272 e. The summed E-state index contributed by atoms with van der Waals surface area (Å²) in [6.45, 7) is 4.90. The van der Waals surface area contributed by atoms with Crippen LogP contribution in [-0.4, -0.2) is 46.0 Å². The fraction of sp³-hybridized carbons (Fsp3) is 0.692. The second-order valence-electron chi connectivity index (χ2n) is 4.89. The molecule has 1 amide bonds. The normalized spacial score (nSPS) is 19.8. The first-order valence-electron chi connectivity index (χ1n) is 6.72. The van der Waals surface area contributed by atoms with Gasteiger partial charge in [0, 0.05) is 26.2 Å². The molecule has 1 unspecified atom stereocenters. The minimum absolute atomic E-state index is 0.102. The van der Waals surface area contributed by atoms with Gasteiger partial charge in [0.25, 0.3) is 5.91 Å². The van der Waals surface area contributed by atoms with Crippen molar-refractivity contribution in [3.05, 3.63) is 18.2 Å². The van der Waals surface area contributed by atoms with Crippen molar-refractivity contribution in [2.24, 2.45) is 7.05 Å². The molecule has 0 aliphatic carbocycles. The van der Waals surface area contributed by atoms with Crippen molar-refractivity contribution >= 4 is 5.91 Å². The zero-order chi connectivity index (χ0) is 13.0. The van der Waals surface area contributed by atoms with E-state index in [2.05, 4.69) is 17.2 Å². The monoisotopic (exact) mass is 250 g/mol. The van der Waals surface area contributed by atoms with Crippen LogP contribution < -0.4 is 5.32 Å². The number of hydrogen-bond acceptors (Lipinski definition) is 3. The summed E-state index contributed by atoms with van der Waals surface area (Å²) in [6.07, 6.45) is 6.55. The summed E-state index contributed by atoms with van der Waals surface area (Å²) in [5.74, 6) is 0.102. The molecule has 0 radical (unpaired) electrons. The summed E-state index contributed by atoms with van der Waals surface area (Å²) < 4.78 is 1.79. The molecule has 0 spiro atoms. The molecular weight excluding hydrogens is 228 g/mol. The Kier molecular flexibility index (Phi) is 4.36. The van der Waals surface area contributed by atoms with Gasteiger partial charge in [0.1, 0.15) is 5.69 Å². The lowest BCUT2D eigenvalue weighted by Gasteiger charge is -2.34. The van der Waals surface area contributed by atoms with E-state index < -0.39 is 0 Å². The molecule has 2 rings (SSSR count). The molecule has 100 valence electrons. The number of nitrogens with zero attached hydrogens (tertiary/aromatic N) is 3. The van der Waals surface area contributed by atoms with Crippen LogP contribution in [-0.2, 0) is 7.05 Å². The molecule has 1 atom stereocenters. The summed E-state index contributed by atoms with van der Waals surface area (Å²) in [5, 5.41) is 3.37. The molecule has 5 nitrogen and oxygen atoms in total. The van der Waals surface area contributed by atoms with E-state index in [1.54, 1.807) is 17.1 Å². The number of aromatic nitrogens is 2. The predicted octanol–water partition coefficient (Wildman–Crippen LogP) is 1.02. The van der Waals surface area contributed by atoms with Crippen LogP contribution in [0.15, 0.2) is 12.5 Å². The summed E-state index contributed by atoms with van der Waals surface area (Å²) >= 11 is 0. The number of nitrogens with one attached hydrogen (secondary N) is 1. The van der Waals surface area contributed by atoms with Crippen molar-refractivity contribution in [2.75, 3.05) is 19.6 Å². The molecule has 0 aromatic carbocycles. The average Bonchev–Trinajstić information content (AvgIpc) is 2.82. The highest BCUT2D eigenvalue weighted by atomic mass is 16.2. The van der Waals surface area contributed by atoms with E-state index in [1.807, 2.05) is 11.9 Å². The van der Waals surface area contributed by atoms with E-state index in [0.717, 1.165) is 38.9 Å². The Morgan fingerprint density at radius 1 is 1.67 bits per heavy atom. The minimum Gasteiger partial charge on any atom is -0.333 e. The maximum Gasteiger partial charge on any atom is 0.272 e. The van der Waals surface area contributed by atoms with Crippen LogP contribution in [0.25, 0.3) is 0 Å². The van der Waals surface area contributed by atoms with Crippen LogP contribution in [0, 0.1) is 0 Å². The lowest BCUT2D eigenvalue weighted by Crippen LogP contribution is -2.49. The van der Waals surface area contributed by atoms with E-state index in [1.165, 1.54) is 0 Å². The van der Waals surface area contributed by atoms with Gasteiger partial charge < -0.3 is 14.8 Å². The molecular formula is C13H22N4O. The lowest BCUT2D eigenvalue weighted by atomic mass is 10.1. The Morgan fingerprint density at radius 3 is 3.06 bits per heavy atom. The molecule has 5 heteroatoms. The largest absolute Gasteiger partial charge is 0.333 e. The van der Waals surface area contributed by atoms with Gasteiger partial charge in [0.2, 0.25) is 0 Å². The second kappa shape index (κ2) is 6.00. The highest BCUT2D eigenvalue weighted by molar-refractivity contribution is 5.92.